The van der Waals surface area contributed by atoms with Crippen LogP contribution in [0.15, 0.2) is 47.4 Å². The summed E-state index contributed by atoms with van der Waals surface area (Å²) in [6, 6.07) is 11.7. The van der Waals surface area contributed by atoms with Crippen LogP contribution in [-0.2, 0) is 16.6 Å². The maximum Gasteiger partial charge on any atom is 0.238 e. The summed E-state index contributed by atoms with van der Waals surface area (Å²) >= 11 is 6.05. The zero-order valence-electron chi connectivity index (χ0n) is 10.5. The molecule has 0 aromatic heterocycles. The lowest BCUT2D eigenvalue weighted by Crippen LogP contribution is -2.13. The molecule has 0 fully saturated rings. The molecule has 106 valence electrons. The van der Waals surface area contributed by atoms with E-state index in [9.17, 15) is 8.42 Å². The first-order chi connectivity index (χ1) is 9.38. The minimum atomic E-state index is -3.74. The number of hydrogen-bond donors (Lipinski definition) is 3. The van der Waals surface area contributed by atoms with Gasteiger partial charge in [-0.2, -0.15) is 0 Å². The van der Waals surface area contributed by atoms with Crippen LogP contribution in [0, 0.1) is 0 Å². The second-order valence-electron chi connectivity index (χ2n) is 4.24. The maximum atomic E-state index is 11.2. The zero-order valence-corrected chi connectivity index (χ0v) is 12.1. The molecule has 0 amide bonds. The molecule has 0 radical (unpaired) electrons. The molecular formula is C13H14ClN3O2S. The Morgan fingerprint density at radius 2 is 1.85 bits per heavy atom. The number of anilines is 2. The van der Waals surface area contributed by atoms with Crippen LogP contribution in [-0.4, -0.2) is 8.42 Å². The fourth-order valence-corrected chi connectivity index (χ4v) is 2.46. The van der Waals surface area contributed by atoms with Gasteiger partial charge in [0.15, 0.2) is 0 Å². The largest absolute Gasteiger partial charge is 0.397 e. The van der Waals surface area contributed by atoms with Gasteiger partial charge in [-0.1, -0.05) is 29.8 Å². The normalized spacial score (nSPS) is 11.3. The predicted octanol–water partition coefficient (Wildman–Crippen LogP) is 2.18. The molecule has 0 heterocycles. The lowest BCUT2D eigenvalue weighted by molar-refractivity contribution is 0.598. The average molecular weight is 312 g/mol. The highest BCUT2D eigenvalue weighted by Crippen LogP contribution is 2.23. The number of nitrogen functional groups attached to an aromatic ring is 1. The van der Waals surface area contributed by atoms with E-state index < -0.39 is 10.0 Å². The average Bonchev–Trinajstić information content (AvgIpc) is 2.38. The number of primary sulfonamides is 1. The van der Waals surface area contributed by atoms with Gasteiger partial charge >= 0.3 is 0 Å². The Morgan fingerprint density at radius 3 is 2.45 bits per heavy atom. The zero-order chi connectivity index (χ0) is 14.8. The molecule has 20 heavy (non-hydrogen) atoms. The number of nitrogens with two attached hydrogens (primary N) is 2. The molecular weight excluding hydrogens is 298 g/mol. The summed E-state index contributed by atoms with van der Waals surface area (Å²) in [5.41, 5.74) is 7.66. The lowest BCUT2D eigenvalue weighted by Gasteiger charge is -2.11. The first kappa shape index (κ1) is 14.6. The Bertz CT molecular complexity index is 732. The van der Waals surface area contributed by atoms with Crippen molar-refractivity contribution in [1.82, 2.24) is 0 Å². The molecule has 0 spiro atoms. The lowest BCUT2D eigenvalue weighted by atomic mass is 10.2. The summed E-state index contributed by atoms with van der Waals surface area (Å²) in [7, 11) is -3.74. The van der Waals surface area contributed by atoms with E-state index in [2.05, 4.69) is 5.32 Å². The van der Waals surface area contributed by atoms with Crippen LogP contribution in [0.1, 0.15) is 5.56 Å². The van der Waals surface area contributed by atoms with E-state index in [1.165, 1.54) is 12.1 Å². The highest BCUT2D eigenvalue weighted by atomic mass is 35.5. The van der Waals surface area contributed by atoms with Crippen molar-refractivity contribution in [1.29, 1.82) is 0 Å². The van der Waals surface area contributed by atoms with Gasteiger partial charge in [-0.15, -0.1) is 0 Å². The van der Waals surface area contributed by atoms with Crippen LogP contribution in [0.5, 0.6) is 0 Å². The highest BCUT2D eigenvalue weighted by molar-refractivity contribution is 7.89. The van der Waals surface area contributed by atoms with Crippen molar-refractivity contribution in [2.24, 2.45) is 5.14 Å². The van der Waals surface area contributed by atoms with Gasteiger partial charge in [0.05, 0.1) is 16.3 Å². The van der Waals surface area contributed by atoms with E-state index in [0.29, 0.717) is 22.9 Å². The van der Waals surface area contributed by atoms with Crippen LogP contribution < -0.4 is 16.2 Å². The summed E-state index contributed by atoms with van der Waals surface area (Å²) in [5, 5.41) is 8.80. The summed E-state index contributed by atoms with van der Waals surface area (Å²) in [4.78, 5) is -0.0155. The number of sulfonamides is 1. The van der Waals surface area contributed by atoms with E-state index in [1.807, 2.05) is 18.2 Å². The van der Waals surface area contributed by atoms with Crippen LogP contribution in [0.3, 0.4) is 0 Å². The van der Waals surface area contributed by atoms with Gasteiger partial charge in [-0.05, 0) is 29.8 Å². The SMILES string of the molecule is Nc1cc(S(N)(=O)=O)ccc1NCc1ccccc1Cl. The number of halogens is 1. The second-order valence-corrected chi connectivity index (χ2v) is 6.21. The third kappa shape index (κ3) is 3.41. The van der Waals surface area contributed by atoms with E-state index >= 15 is 0 Å². The standard InChI is InChI=1S/C13H14ClN3O2S/c14-11-4-2-1-3-9(11)8-17-13-6-5-10(7-12(13)15)20(16,18)19/h1-7,17H,8,15H2,(H2,16,18,19). The summed E-state index contributed by atoms with van der Waals surface area (Å²) in [6.07, 6.45) is 0. The van der Waals surface area contributed by atoms with Crippen molar-refractivity contribution in [3.8, 4) is 0 Å². The van der Waals surface area contributed by atoms with Crippen LogP contribution in [0.4, 0.5) is 11.4 Å². The van der Waals surface area contributed by atoms with E-state index in [0.717, 1.165) is 5.56 Å². The minimum absolute atomic E-state index is 0.0155. The minimum Gasteiger partial charge on any atom is -0.397 e. The van der Waals surface area contributed by atoms with Gasteiger partial charge in [0, 0.05) is 11.6 Å². The van der Waals surface area contributed by atoms with Crippen LogP contribution in [0.25, 0.3) is 0 Å². The van der Waals surface area contributed by atoms with E-state index in [4.69, 9.17) is 22.5 Å². The number of hydrogen-bond acceptors (Lipinski definition) is 4. The van der Waals surface area contributed by atoms with Crippen molar-refractivity contribution in [3.05, 3.63) is 53.1 Å². The smallest absolute Gasteiger partial charge is 0.238 e. The molecule has 0 bridgehead atoms. The van der Waals surface area contributed by atoms with E-state index in [1.54, 1.807) is 12.1 Å². The molecule has 5 nitrogen and oxygen atoms in total. The maximum absolute atomic E-state index is 11.2. The van der Waals surface area contributed by atoms with Crippen molar-refractivity contribution < 1.29 is 8.42 Å². The Kier molecular flexibility index (Phi) is 4.17. The topological polar surface area (TPSA) is 98.2 Å². The predicted molar refractivity (Wildman–Crippen MR) is 81.0 cm³/mol. The van der Waals surface area contributed by atoms with Crippen molar-refractivity contribution in [2.45, 2.75) is 11.4 Å². The molecule has 0 aliphatic rings. The quantitative estimate of drug-likeness (QED) is 0.754. The van der Waals surface area contributed by atoms with Crippen LogP contribution >= 0.6 is 11.6 Å². The molecule has 2 rings (SSSR count). The molecule has 5 N–H and O–H groups in total. The first-order valence-corrected chi connectivity index (χ1v) is 7.70. The summed E-state index contributed by atoms with van der Waals surface area (Å²) < 4.78 is 22.4. The highest BCUT2D eigenvalue weighted by Gasteiger charge is 2.10. The van der Waals surface area contributed by atoms with Crippen LogP contribution in [0.2, 0.25) is 5.02 Å². The Hall–Kier alpha value is -1.76. The van der Waals surface area contributed by atoms with Gasteiger partial charge in [0.1, 0.15) is 0 Å². The molecule has 7 heteroatoms. The van der Waals surface area contributed by atoms with Gasteiger partial charge in [0.2, 0.25) is 10.0 Å². The van der Waals surface area contributed by atoms with Gasteiger partial charge in [-0.3, -0.25) is 0 Å². The van der Waals surface area contributed by atoms with Gasteiger partial charge in [0.25, 0.3) is 0 Å². The third-order valence-corrected chi connectivity index (χ3v) is 4.06. The third-order valence-electron chi connectivity index (χ3n) is 2.78. The molecule has 2 aromatic rings. The van der Waals surface area contributed by atoms with Gasteiger partial charge in [-0.25, -0.2) is 13.6 Å². The number of rotatable bonds is 4. The Balaban J connectivity index is 2.17. The Labute approximate surface area is 122 Å². The molecule has 0 unspecified atom stereocenters. The summed E-state index contributed by atoms with van der Waals surface area (Å²) in [5.74, 6) is 0. The number of nitrogens with one attached hydrogen (secondary N) is 1. The van der Waals surface area contributed by atoms with Crippen molar-refractivity contribution in [3.63, 3.8) is 0 Å². The first-order valence-electron chi connectivity index (χ1n) is 5.77. The molecule has 0 saturated carbocycles. The van der Waals surface area contributed by atoms with E-state index in [-0.39, 0.29) is 4.90 Å². The molecule has 2 aromatic carbocycles. The Morgan fingerprint density at radius 1 is 1.15 bits per heavy atom. The van der Waals surface area contributed by atoms with Crippen molar-refractivity contribution >= 4 is 33.0 Å². The van der Waals surface area contributed by atoms with Gasteiger partial charge < -0.3 is 11.1 Å². The fraction of sp³-hybridized carbons (Fsp3) is 0.0769. The second kappa shape index (κ2) is 5.70. The van der Waals surface area contributed by atoms with Crippen molar-refractivity contribution in [2.75, 3.05) is 11.1 Å². The fourth-order valence-electron chi connectivity index (χ4n) is 1.71. The molecule has 0 atom stereocenters. The molecule has 0 aliphatic carbocycles. The molecule has 0 aliphatic heterocycles. The summed E-state index contributed by atoms with van der Waals surface area (Å²) in [6.45, 7) is 0.485. The monoisotopic (exact) mass is 311 g/mol. The molecule has 0 saturated heterocycles. The number of benzene rings is 2.